The minimum Gasteiger partial charge on any atom is -0.497 e. The standard InChI is InChI=1S/C27H21FO3/c1-31-24-14-10-19(11-15-24)25(27(30)20-8-12-23(28)13-9-20)17-26(29)22-7-6-18-4-2-3-5-21(18)16-22/h2-16,25H,17H2,1H3. The van der Waals surface area contributed by atoms with Crippen LogP contribution in [-0.4, -0.2) is 18.7 Å². The maximum atomic E-state index is 13.3. The van der Waals surface area contributed by atoms with Crippen molar-refractivity contribution in [1.82, 2.24) is 0 Å². The minimum absolute atomic E-state index is 0.0148. The number of rotatable bonds is 7. The monoisotopic (exact) mass is 412 g/mol. The summed E-state index contributed by atoms with van der Waals surface area (Å²) in [7, 11) is 1.57. The van der Waals surface area contributed by atoms with E-state index in [1.54, 1.807) is 37.4 Å². The Labute approximate surface area is 180 Å². The fraction of sp³-hybridized carbons (Fsp3) is 0.111. The van der Waals surface area contributed by atoms with E-state index in [0.717, 1.165) is 10.8 Å². The summed E-state index contributed by atoms with van der Waals surface area (Å²) in [4.78, 5) is 26.4. The van der Waals surface area contributed by atoms with Crippen LogP contribution in [0.3, 0.4) is 0 Å². The molecule has 31 heavy (non-hydrogen) atoms. The summed E-state index contributed by atoms with van der Waals surface area (Å²) >= 11 is 0. The second-order valence-corrected chi connectivity index (χ2v) is 7.39. The molecule has 3 nitrogen and oxygen atoms in total. The van der Waals surface area contributed by atoms with Gasteiger partial charge < -0.3 is 4.74 Å². The van der Waals surface area contributed by atoms with Gasteiger partial charge in [0.2, 0.25) is 0 Å². The summed E-state index contributed by atoms with van der Waals surface area (Å²) in [6, 6.07) is 25.9. The largest absolute Gasteiger partial charge is 0.497 e. The van der Waals surface area contributed by atoms with Crippen molar-refractivity contribution in [3.63, 3.8) is 0 Å². The lowest BCUT2D eigenvalue weighted by Gasteiger charge is -2.17. The molecule has 0 aromatic heterocycles. The van der Waals surface area contributed by atoms with Crippen LogP contribution in [0.2, 0.25) is 0 Å². The lowest BCUT2D eigenvalue weighted by atomic mass is 9.85. The van der Waals surface area contributed by atoms with Gasteiger partial charge in [0.15, 0.2) is 11.6 Å². The predicted molar refractivity (Wildman–Crippen MR) is 119 cm³/mol. The highest BCUT2D eigenvalue weighted by Crippen LogP contribution is 2.29. The zero-order chi connectivity index (χ0) is 21.8. The van der Waals surface area contributed by atoms with Crippen LogP contribution in [0.5, 0.6) is 5.75 Å². The zero-order valence-electron chi connectivity index (χ0n) is 17.0. The topological polar surface area (TPSA) is 43.4 Å². The molecule has 0 saturated heterocycles. The van der Waals surface area contributed by atoms with Crippen molar-refractivity contribution in [3.8, 4) is 5.75 Å². The van der Waals surface area contributed by atoms with Crippen LogP contribution in [-0.2, 0) is 0 Å². The van der Waals surface area contributed by atoms with E-state index < -0.39 is 11.7 Å². The van der Waals surface area contributed by atoms with Crippen LogP contribution >= 0.6 is 0 Å². The van der Waals surface area contributed by atoms with E-state index in [4.69, 9.17) is 4.74 Å². The summed E-state index contributed by atoms with van der Waals surface area (Å²) in [5, 5.41) is 2.02. The molecule has 0 aliphatic heterocycles. The van der Waals surface area contributed by atoms with Gasteiger partial charge in [-0.25, -0.2) is 4.39 Å². The molecule has 1 unspecified atom stereocenters. The maximum absolute atomic E-state index is 13.3. The van der Waals surface area contributed by atoms with Crippen LogP contribution < -0.4 is 4.74 Å². The molecule has 0 fully saturated rings. The number of halogens is 1. The van der Waals surface area contributed by atoms with Crippen LogP contribution in [0.4, 0.5) is 4.39 Å². The molecule has 0 radical (unpaired) electrons. The highest BCUT2D eigenvalue weighted by Gasteiger charge is 2.26. The van der Waals surface area contributed by atoms with Crippen LogP contribution in [0.1, 0.15) is 38.6 Å². The van der Waals surface area contributed by atoms with Gasteiger partial charge in [-0.3, -0.25) is 9.59 Å². The van der Waals surface area contributed by atoms with Gasteiger partial charge in [-0.2, -0.15) is 0 Å². The Morgan fingerprint density at radius 3 is 2.13 bits per heavy atom. The van der Waals surface area contributed by atoms with E-state index >= 15 is 0 Å². The number of hydrogen-bond donors (Lipinski definition) is 0. The lowest BCUT2D eigenvalue weighted by molar-refractivity contribution is 0.0893. The van der Waals surface area contributed by atoms with Gasteiger partial charge in [0.05, 0.1) is 13.0 Å². The highest BCUT2D eigenvalue weighted by atomic mass is 19.1. The van der Waals surface area contributed by atoms with E-state index in [-0.39, 0.29) is 18.0 Å². The number of carbonyl (C=O) groups is 2. The van der Waals surface area contributed by atoms with Crippen molar-refractivity contribution >= 4 is 22.3 Å². The second-order valence-electron chi connectivity index (χ2n) is 7.39. The molecule has 0 spiro atoms. The van der Waals surface area contributed by atoms with Gasteiger partial charge in [-0.1, -0.05) is 48.5 Å². The van der Waals surface area contributed by atoms with Crippen molar-refractivity contribution in [3.05, 3.63) is 114 Å². The smallest absolute Gasteiger partial charge is 0.170 e. The summed E-state index contributed by atoms with van der Waals surface area (Å²) < 4.78 is 18.5. The first kappa shape index (κ1) is 20.5. The van der Waals surface area contributed by atoms with Gasteiger partial charge in [0.25, 0.3) is 0 Å². The fourth-order valence-electron chi connectivity index (χ4n) is 3.68. The highest BCUT2D eigenvalue weighted by molar-refractivity contribution is 6.07. The number of carbonyl (C=O) groups excluding carboxylic acids is 2. The molecule has 1 atom stereocenters. The quantitative estimate of drug-likeness (QED) is 0.338. The summed E-state index contributed by atoms with van der Waals surface area (Å²) in [6.07, 6.45) is 0.0148. The number of Topliss-reactive ketones (excluding diaryl/α,β-unsaturated/α-hetero) is 2. The molecule has 154 valence electrons. The molecule has 0 heterocycles. The Hall–Kier alpha value is -3.79. The van der Waals surface area contributed by atoms with Crippen molar-refractivity contribution < 1.29 is 18.7 Å². The first-order chi connectivity index (χ1) is 15.0. The van der Waals surface area contributed by atoms with E-state index in [0.29, 0.717) is 22.4 Å². The zero-order valence-corrected chi connectivity index (χ0v) is 17.0. The molecule has 4 rings (SSSR count). The molecular weight excluding hydrogens is 391 g/mol. The van der Waals surface area contributed by atoms with Crippen LogP contribution in [0.15, 0.2) is 91.0 Å². The number of hydrogen-bond acceptors (Lipinski definition) is 3. The first-order valence-corrected chi connectivity index (χ1v) is 10.0. The normalized spacial score (nSPS) is 11.8. The number of benzene rings is 4. The molecule has 0 amide bonds. The average Bonchev–Trinajstić information content (AvgIpc) is 2.82. The van der Waals surface area contributed by atoms with Crippen molar-refractivity contribution in [2.45, 2.75) is 12.3 Å². The molecule has 0 aliphatic rings. The second kappa shape index (κ2) is 8.92. The van der Waals surface area contributed by atoms with Gasteiger partial charge in [0, 0.05) is 17.5 Å². The maximum Gasteiger partial charge on any atom is 0.170 e. The molecular formula is C27H21FO3. The van der Waals surface area contributed by atoms with E-state index in [2.05, 4.69) is 0 Å². The Balaban J connectivity index is 1.67. The lowest BCUT2D eigenvalue weighted by Crippen LogP contribution is -2.17. The van der Waals surface area contributed by atoms with Gasteiger partial charge >= 0.3 is 0 Å². The molecule has 0 N–H and O–H groups in total. The van der Waals surface area contributed by atoms with Crippen LogP contribution in [0.25, 0.3) is 10.8 Å². The van der Waals surface area contributed by atoms with Gasteiger partial charge in [-0.15, -0.1) is 0 Å². The van der Waals surface area contributed by atoms with E-state index in [1.165, 1.54) is 24.3 Å². The Kier molecular flexibility index (Phi) is 5.89. The van der Waals surface area contributed by atoms with Gasteiger partial charge in [0.1, 0.15) is 11.6 Å². The first-order valence-electron chi connectivity index (χ1n) is 10.0. The third-order valence-electron chi connectivity index (χ3n) is 5.42. The van der Waals surface area contributed by atoms with E-state index in [9.17, 15) is 14.0 Å². The molecule has 0 saturated carbocycles. The Bertz CT molecular complexity index is 1230. The molecule has 4 heteroatoms. The minimum atomic E-state index is -0.685. The number of fused-ring (bicyclic) bond motifs is 1. The predicted octanol–water partition coefficient (Wildman–Crippen LogP) is 6.23. The van der Waals surface area contributed by atoms with Gasteiger partial charge in [-0.05, 0) is 58.8 Å². The van der Waals surface area contributed by atoms with Crippen molar-refractivity contribution in [1.29, 1.82) is 0 Å². The fourth-order valence-corrected chi connectivity index (χ4v) is 3.68. The summed E-state index contributed by atoms with van der Waals surface area (Å²) in [6.45, 7) is 0. The number of ketones is 2. The molecule has 4 aromatic carbocycles. The average molecular weight is 412 g/mol. The Morgan fingerprint density at radius 1 is 0.806 bits per heavy atom. The molecule has 4 aromatic rings. The third-order valence-corrected chi connectivity index (χ3v) is 5.42. The number of ether oxygens (including phenoxy) is 1. The summed E-state index contributed by atoms with van der Waals surface area (Å²) in [5.41, 5.74) is 1.64. The Morgan fingerprint density at radius 2 is 1.45 bits per heavy atom. The SMILES string of the molecule is COc1ccc(C(CC(=O)c2ccc3ccccc3c2)C(=O)c2ccc(F)cc2)cc1. The third kappa shape index (κ3) is 4.53. The molecule has 0 aliphatic carbocycles. The van der Waals surface area contributed by atoms with E-state index in [1.807, 2.05) is 36.4 Å². The number of methoxy groups -OCH3 is 1. The summed E-state index contributed by atoms with van der Waals surface area (Å²) in [5.74, 6) is -0.779. The van der Waals surface area contributed by atoms with Crippen LogP contribution in [0, 0.1) is 5.82 Å². The van der Waals surface area contributed by atoms with Crippen molar-refractivity contribution in [2.24, 2.45) is 0 Å². The van der Waals surface area contributed by atoms with Crippen molar-refractivity contribution in [2.75, 3.05) is 7.11 Å². The molecule has 0 bridgehead atoms.